The second-order valence-corrected chi connectivity index (χ2v) is 3.85. The van der Waals surface area contributed by atoms with Gasteiger partial charge in [-0.1, -0.05) is 18.2 Å². The van der Waals surface area contributed by atoms with Gasteiger partial charge in [0, 0.05) is 12.5 Å². The van der Waals surface area contributed by atoms with E-state index in [0.29, 0.717) is 17.2 Å². The average molecular weight is 258 g/mol. The van der Waals surface area contributed by atoms with Gasteiger partial charge < -0.3 is 19.4 Å². The van der Waals surface area contributed by atoms with Gasteiger partial charge in [0.15, 0.2) is 11.5 Å². The van der Waals surface area contributed by atoms with Crippen LogP contribution in [-0.2, 0) is 4.79 Å². The van der Waals surface area contributed by atoms with Crippen LogP contribution in [-0.4, -0.2) is 18.0 Å². The first-order chi connectivity index (χ1) is 9.29. The third-order valence-corrected chi connectivity index (χ3v) is 2.40. The standard InChI is InChI=1S/C15H14O4/c16-9-4-10-18-15-11-13(7-8-14(15)17)19-12-5-2-1-3-6-12/h1-3,5-9,11,17H,4,10H2. The van der Waals surface area contributed by atoms with Crippen LogP contribution in [0.15, 0.2) is 48.5 Å². The third kappa shape index (κ3) is 3.74. The summed E-state index contributed by atoms with van der Waals surface area (Å²) in [5.74, 6) is 1.58. The molecule has 4 heteroatoms. The molecule has 0 aliphatic carbocycles. The van der Waals surface area contributed by atoms with Crippen LogP contribution in [0, 0.1) is 0 Å². The van der Waals surface area contributed by atoms with Crippen molar-refractivity contribution >= 4 is 6.29 Å². The zero-order chi connectivity index (χ0) is 13.5. The quantitative estimate of drug-likeness (QED) is 0.638. The van der Waals surface area contributed by atoms with Gasteiger partial charge in [-0.25, -0.2) is 0 Å². The molecule has 19 heavy (non-hydrogen) atoms. The van der Waals surface area contributed by atoms with Gasteiger partial charge in [-0.15, -0.1) is 0 Å². The van der Waals surface area contributed by atoms with Crippen molar-refractivity contribution < 1.29 is 19.4 Å². The number of phenolic OH excluding ortho intramolecular Hbond substituents is 1. The maximum atomic E-state index is 10.2. The molecule has 0 amide bonds. The van der Waals surface area contributed by atoms with E-state index in [2.05, 4.69) is 0 Å². The van der Waals surface area contributed by atoms with Gasteiger partial charge in [0.1, 0.15) is 17.8 Å². The lowest BCUT2D eigenvalue weighted by Gasteiger charge is -2.10. The zero-order valence-corrected chi connectivity index (χ0v) is 10.3. The van der Waals surface area contributed by atoms with Gasteiger partial charge in [0.2, 0.25) is 0 Å². The van der Waals surface area contributed by atoms with Crippen LogP contribution in [0.2, 0.25) is 0 Å². The number of para-hydroxylation sites is 1. The van der Waals surface area contributed by atoms with Crippen molar-refractivity contribution in [2.75, 3.05) is 6.61 Å². The highest BCUT2D eigenvalue weighted by Gasteiger charge is 2.05. The van der Waals surface area contributed by atoms with Crippen molar-refractivity contribution in [2.24, 2.45) is 0 Å². The number of carbonyl (C=O) groups is 1. The molecule has 98 valence electrons. The molecular weight excluding hydrogens is 244 g/mol. The first-order valence-electron chi connectivity index (χ1n) is 5.92. The molecule has 0 aliphatic heterocycles. The Bertz CT molecular complexity index is 537. The summed E-state index contributed by atoms with van der Waals surface area (Å²) < 4.78 is 10.9. The van der Waals surface area contributed by atoms with Crippen LogP contribution in [0.4, 0.5) is 0 Å². The number of aromatic hydroxyl groups is 1. The molecule has 0 fully saturated rings. The largest absolute Gasteiger partial charge is 0.504 e. The summed E-state index contributed by atoms with van der Waals surface area (Å²) in [7, 11) is 0. The first kappa shape index (κ1) is 13.0. The molecule has 1 N–H and O–H groups in total. The van der Waals surface area contributed by atoms with Gasteiger partial charge in [-0.3, -0.25) is 0 Å². The molecule has 2 aromatic carbocycles. The topological polar surface area (TPSA) is 55.8 Å². The zero-order valence-electron chi connectivity index (χ0n) is 10.3. The molecule has 0 spiro atoms. The second kappa shape index (κ2) is 6.44. The van der Waals surface area contributed by atoms with E-state index in [1.54, 1.807) is 12.1 Å². The Morgan fingerprint density at radius 3 is 2.58 bits per heavy atom. The molecule has 0 atom stereocenters. The van der Waals surface area contributed by atoms with Crippen LogP contribution >= 0.6 is 0 Å². The van der Waals surface area contributed by atoms with E-state index in [0.717, 1.165) is 6.29 Å². The summed E-state index contributed by atoms with van der Waals surface area (Å²) >= 11 is 0. The van der Waals surface area contributed by atoms with Crippen molar-refractivity contribution in [3.05, 3.63) is 48.5 Å². The third-order valence-electron chi connectivity index (χ3n) is 2.40. The second-order valence-electron chi connectivity index (χ2n) is 3.85. The Kier molecular flexibility index (Phi) is 4.39. The highest BCUT2D eigenvalue weighted by Crippen LogP contribution is 2.32. The molecule has 0 bridgehead atoms. The number of hydrogen-bond donors (Lipinski definition) is 1. The SMILES string of the molecule is O=CCCOc1cc(Oc2ccccc2)ccc1O. The average Bonchev–Trinajstić information content (AvgIpc) is 2.44. The van der Waals surface area contributed by atoms with Crippen molar-refractivity contribution in [3.63, 3.8) is 0 Å². The smallest absolute Gasteiger partial charge is 0.164 e. The summed E-state index contributed by atoms with van der Waals surface area (Å²) in [4.78, 5) is 10.2. The monoisotopic (exact) mass is 258 g/mol. The summed E-state index contributed by atoms with van der Waals surface area (Å²) in [5.41, 5.74) is 0. The van der Waals surface area contributed by atoms with Gasteiger partial charge in [-0.05, 0) is 24.3 Å². The number of ether oxygens (including phenoxy) is 2. The fraction of sp³-hybridized carbons (Fsp3) is 0.133. The molecule has 2 aromatic rings. The lowest BCUT2D eigenvalue weighted by molar-refractivity contribution is -0.108. The molecule has 2 rings (SSSR count). The number of rotatable bonds is 6. The minimum atomic E-state index is 0.0197. The minimum Gasteiger partial charge on any atom is -0.504 e. The van der Waals surface area contributed by atoms with E-state index in [-0.39, 0.29) is 18.8 Å². The Morgan fingerprint density at radius 1 is 1.05 bits per heavy atom. The number of phenols is 1. The molecule has 0 aliphatic rings. The molecule has 0 saturated carbocycles. The minimum absolute atomic E-state index is 0.0197. The summed E-state index contributed by atoms with van der Waals surface area (Å²) in [6.07, 6.45) is 1.05. The predicted molar refractivity (Wildman–Crippen MR) is 70.8 cm³/mol. The summed E-state index contributed by atoms with van der Waals surface area (Å²) in [5, 5.41) is 9.63. The van der Waals surface area contributed by atoms with Crippen LogP contribution in [0.3, 0.4) is 0 Å². The lowest BCUT2D eigenvalue weighted by Crippen LogP contribution is -1.98. The van der Waals surface area contributed by atoms with Crippen molar-refractivity contribution in [1.29, 1.82) is 0 Å². The van der Waals surface area contributed by atoms with E-state index < -0.39 is 0 Å². The van der Waals surface area contributed by atoms with Crippen molar-refractivity contribution in [2.45, 2.75) is 6.42 Å². The summed E-state index contributed by atoms with van der Waals surface area (Å²) in [6, 6.07) is 14.0. The Morgan fingerprint density at radius 2 is 1.84 bits per heavy atom. The predicted octanol–water partition coefficient (Wildman–Crippen LogP) is 3.15. The highest BCUT2D eigenvalue weighted by molar-refractivity contribution is 5.50. The molecule has 0 aromatic heterocycles. The van der Waals surface area contributed by atoms with Crippen LogP contribution < -0.4 is 9.47 Å². The van der Waals surface area contributed by atoms with Crippen LogP contribution in [0.1, 0.15) is 6.42 Å². The van der Waals surface area contributed by atoms with Crippen LogP contribution in [0.25, 0.3) is 0 Å². The highest BCUT2D eigenvalue weighted by atomic mass is 16.5. The molecular formula is C15H14O4. The Balaban J connectivity index is 2.09. The molecule has 0 radical (unpaired) electrons. The molecule has 0 saturated heterocycles. The van der Waals surface area contributed by atoms with Gasteiger partial charge in [-0.2, -0.15) is 0 Å². The van der Waals surface area contributed by atoms with Crippen LogP contribution in [0.5, 0.6) is 23.0 Å². The van der Waals surface area contributed by atoms with Gasteiger partial charge in [0.05, 0.1) is 6.61 Å². The lowest BCUT2D eigenvalue weighted by atomic mass is 10.3. The Hall–Kier alpha value is -2.49. The number of aldehydes is 1. The summed E-state index contributed by atoms with van der Waals surface area (Å²) in [6.45, 7) is 0.228. The molecule has 0 heterocycles. The van der Waals surface area contributed by atoms with Gasteiger partial charge >= 0.3 is 0 Å². The van der Waals surface area contributed by atoms with E-state index in [1.165, 1.54) is 6.07 Å². The van der Waals surface area contributed by atoms with E-state index in [9.17, 15) is 9.90 Å². The van der Waals surface area contributed by atoms with Crippen molar-refractivity contribution in [3.8, 4) is 23.0 Å². The van der Waals surface area contributed by atoms with Gasteiger partial charge in [0.25, 0.3) is 0 Å². The number of benzene rings is 2. The Labute approximate surface area is 111 Å². The number of hydrogen-bond acceptors (Lipinski definition) is 4. The van der Waals surface area contributed by atoms with E-state index in [1.807, 2.05) is 30.3 Å². The first-order valence-corrected chi connectivity index (χ1v) is 5.92. The molecule has 4 nitrogen and oxygen atoms in total. The maximum absolute atomic E-state index is 10.2. The number of carbonyl (C=O) groups excluding carboxylic acids is 1. The van der Waals surface area contributed by atoms with E-state index in [4.69, 9.17) is 9.47 Å². The fourth-order valence-corrected chi connectivity index (χ4v) is 1.52. The van der Waals surface area contributed by atoms with E-state index >= 15 is 0 Å². The van der Waals surface area contributed by atoms with Crippen molar-refractivity contribution in [1.82, 2.24) is 0 Å². The normalized spacial score (nSPS) is 9.89. The molecule has 0 unspecified atom stereocenters. The fourth-order valence-electron chi connectivity index (χ4n) is 1.52. The maximum Gasteiger partial charge on any atom is 0.164 e.